The molecule has 2 atom stereocenters. The number of H-pyrrole nitrogens is 1. The Balaban J connectivity index is 1.18. The topological polar surface area (TPSA) is 90.1 Å². The highest BCUT2D eigenvalue weighted by Crippen LogP contribution is 2.51. The van der Waals surface area contributed by atoms with E-state index in [1.54, 1.807) is 29.7 Å². The van der Waals surface area contributed by atoms with Gasteiger partial charge in [0.2, 0.25) is 0 Å². The highest BCUT2D eigenvalue weighted by molar-refractivity contribution is 8.05. The zero-order valence-corrected chi connectivity index (χ0v) is 22.7. The van der Waals surface area contributed by atoms with Gasteiger partial charge in [0.05, 0.1) is 32.5 Å². The maximum absolute atomic E-state index is 12.4. The summed E-state index contributed by atoms with van der Waals surface area (Å²) in [5.74, 6) is 0. The largest absolute Gasteiger partial charge is 0.394 e. The number of pyridine rings is 1. The fraction of sp³-hybridized carbons (Fsp3) is 0.393. The molecule has 38 heavy (non-hydrogen) atoms. The van der Waals surface area contributed by atoms with Crippen LogP contribution in [-0.2, 0) is 9.47 Å². The summed E-state index contributed by atoms with van der Waals surface area (Å²) < 4.78 is 11.7. The number of nitrogens with zero attached hydrogens (tertiary/aromatic N) is 2. The van der Waals surface area contributed by atoms with Gasteiger partial charge in [-0.1, -0.05) is 35.7 Å². The molecule has 1 aromatic heterocycles. The van der Waals surface area contributed by atoms with Gasteiger partial charge in [-0.3, -0.25) is 9.69 Å². The van der Waals surface area contributed by atoms with Crippen LogP contribution in [0.4, 0.5) is 11.4 Å². The molecule has 4 heterocycles. The lowest BCUT2D eigenvalue weighted by molar-refractivity contribution is 0.0335. The van der Waals surface area contributed by atoms with Gasteiger partial charge in [-0.2, -0.15) is 0 Å². The van der Waals surface area contributed by atoms with E-state index in [2.05, 4.69) is 56.5 Å². The highest BCUT2D eigenvalue weighted by atomic mass is 32.2. The Morgan fingerprint density at radius 3 is 2.76 bits per heavy atom. The zero-order valence-electron chi connectivity index (χ0n) is 21.1. The van der Waals surface area contributed by atoms with Crippen LogP contribution in [0.2, 0.25) is 0 Å². The number of nitrogens with one attached hydrogen (secondary N) is 2. The average molecular weight is 553 g/mol. The van der Waals surface area contributed by atoms with Gasteiger partial charge in [-0.05, 0) is 42.0 Å². The molecule has 8 nitrogen and oxygen atoms in total. The molecular formula is C28H32N4O4S2. The third-order valence-electron chi connectivity index (χ3n) is 7.11. The van der Waals surface area contributed by atoms with Gasteiger partial charge >= 0.3 is 0 Å². The van der Waals surface area contributed by atoms with Crippen LogP contribution < -0.4 is 15.8 Å². The van der Waals surface area contributed by atoms with Gasteiger partial charge in [0.25, 0.3) is 5.56 Å². The summed E-state index contributed by atoms with van der Waals surface area (Å²) in [5.41, 5.74) is 2.80. The number of benzene rings is 2. The SMILES string of the molecule is O=c1[nH]cccc1N1CCOC(c2cccc3c2Sc2ccc(NC(CO)CN4CCOCC4)cc2S3)C1. The number of hydrogen-bond donors (Lipinski definition) is 3. The first-order chi connectivity index (χ1) is 18.7. The maximum Gasteiger partial charge on any atom is 0.271 e. The first kappa shape index (κ1) is 25.8. The van der Waals surface area contributed by atoms with Crippen LogP contribution in [0.3, 0.4) is 0 Å². The minimum Gasteiger partial charge on any atom is -0.394 e. The van der Waals surface area contributed by atoms with Crippen LogP contribution >= 0.6 is 23.5 Å². The van der Waals surface area contributed by atoms with Crippen LogP contribution in [0.15, 0.2) is 79.1 Å². The molecule has 0 saturated carbocycles. The van der Waals surface area contributed by atoms with Crippen molar-refractivity contribution >= 4 is 34.9 Å². The highest BCUT2D eigenvalue weighted by Gasteiger charge is 2.29. The van der Waals surface area contributed by atoms with Gasteiger partial charge in [-0.15, -0.1) is 0 Å². The van der Waals surface area contributed by atoms with E-state index in [-0.39, 0.29) is 24.3 Å². The van der Waals surface area contributed by atoms with Gasteiger partial charge in [0.1, 0.15) is 11.8 Å². The maximum atomic E-state index is 12.4. The molecule has 2 unspecified atom stereocenters. The van der Waals surface area contributed by atoms with E-state index in [9.17, 15) is 9.90 Å². The second-order valence-electron chi connectivity index (χ2n) is 9.67. The van der Waals surface area contributed by atoms with Crippen molar-refractivity contribution < 1.29 is 14.6 Å². The summed E-state index contributed by atoms with van der Waals surface area (Å²) in [6.07, 6.45) is 1.55. The van der Waals surface area contributed by atoms with Crippen LogP contribution in [0.5, 0.6) is 0 Å². The predicted molar refractivity (Wildman–Crippen MR) is 151 cm³/mol. The lowest BCUT2D eigenvalue weighted by Gasteiger charge is -2.35. The molecule has 0 spiro atoms. The first-order valence-electron chi connectivity index (χ1n) is 13.0. The van der Waals surface area contributed by atoms with E-state index in [0.29, 0.717) is 25.4 Å². The fourth-order valence-electron chi connectivity index (χ4n) is 5.16. The van der Waals surface area contributed by atoms with Crippen LogP contribution in [-0.4, -0.2) is 80.2 Å². The van der Waals surface area contributed by atoms with Gasteiger partial charge < -0.3 is 29.8 Å². The number of morpholine rings is 2. The molecule has 3 aliphatic rings. The molecule has 3 aromatic rings. The molecule has 200 valence electrons. The van der Waals surface area contributed by atoms with Crippen molar-refractivity contribution in [2.75, 3.05) is 69.4 Å². The van der Waals surface area contributed by atoms with Crippen molar-refractivity contribution in [3.05, 3.63) is 70.6 Å². The van der Waals surface area contributed by atoms with E-state index >= 15 is 0 Å². The Labute approximate surface area is 230 Å². The molecule has 2 saturated heterocycles. The first-order valence-corrected chi connectivity index (χ1v) is 14.7. The van der Waals surface area contributed by atoms with Crippen molar-refractivity contribution in [3.8, 4) is 0 Å². The lowest BCUT2D eigenvalue weighted by Crippen LogP contribution is -2.44. The number of fused-ring (bicyclic) bond motifs is 2. The molecular weight excluding hydrogens is 520 g/mol. The van der Waals surface area contributed by atoms with Crippen molar-refractivity contribution in [1.82, 2.24) is 9.88 Å². The Hall–Kier alpha value is -2.47. The minimum atomic E-state index is -0.112. The smallest absolute Gasteiger partial charge is 0.271 e. The van der Waals surface area contributed by atoms with Crippen molar-refractivity contribution in [2.45, 2.75) is 31.7 Å². The van der Waals surface area contributed by atoms with E-state index in [1.165, 1.54) is 19.6 Å². The quantitative estimate of drug-likeness (QED) is 0.318. The van der Waals surface area contributed by atoms with Gasteiger partial charge in [0, 0.05) is 64.2 Å². The number of anilines is 2. The molecule has 10 heteroatoms. The molecule has 0 aliphatic carbocycles. The predicted octanol–water partition coefficient (Wildman–Crippen LogP) is 3.67. The summed E-state index contributed by atoms with van der Waals surface area (Å²) in [6, 6.07) is 16.6. The van der Waals surface area contributed by atoms with Crippen molar-refractivity contribution in [1.29, 1.82) is 0 Å². The summed E-state index contributed by atoms with van der Waals surface area (Å²) in [4.78, 5) is 24.5. The molecule has 2 fully saturated rings. The number of hydrogen-bond acceptors (Lipinski definition) is 9. The molecule has 3 N–H and O–H groups in total. The Bertz CT molecular complexity index is 1330. The Morgan fingerprint density at radius 2 is 1.92 bits per heavy atom. The zero-order chi connectivity index (χ0) is 25.9. The van der Waals surface area contributed by atoms with Crippen LogP contribution in [0, 0.1) is 0 Å². The summed E-state index contributed by atoms with van der Waals surface area (Å²) in [6.45, 7) is 6.07. The molecule has 0 bridgehead atoms. The minimum absolute atomic E-state index is 0.0328. The normalized spacial score (nSPS) is 20.4. The Kier molecular flexibility index (Phi) is 7.96. The van der Waals surface area contributed by atoms with Crippen LogP contribution in [0.25, 0.3) is 0 Å². The number of aromatic nitrogens is 1. The summed E-state index contributed by atoms with van der Waals surface area (Å²) in [7, 11) is 0. The van der Waals surface area contributed by atoms with E-state index in [1.807, 2.05) is 12.1 Å². The lowest BCUT2D eigenvalue weighted by atomic mass is 10.1. The second kappa shape index (κ2) is 11.7. The molecule has 3 aliphatic heterocycles. The monoisotopic (exact) mass is 552 g/mol. The number of rotatable bonds is 7. The van der Waals surface area contributed by atoms with Crippen molar-refractivity contribution in [3.63, 3.8) is 0 Å². The van der Waals surface area contributed by atoms with E-state index in [4.69, 9.17) is 9.47 Å². The number of aliphatic hydroxyl groups excluding tert-OH is 1. The van der Waals surface area contributed by atoms with E-state index in [0.717, 1.165) is 44.1 Å². The molecule has 2 aromatic carbocycles. The number of aromatic amines is 1. The second-order valence-corrected chi connectivity index (χ2v) is 11.8. The average Bonchev–Trinajstić information content (AvgIpc) is 2.96. The Morgan fingerprint density at radius 1 is 1.03 bits per heavy atom. The molecule has 0 amide bonds. The van der Waals surface area contributed by atoms with Gasteiger partial charge in [-0.25, -0.2) is 0 Å². The summed E-state index contributed by atoms with van der Waals surface area (Å²) >= 11 is 3.55. The molecule has 0 radical (unpaired) electrons. The number of ether oxygens (including phenoxy) is 2. The third kappa shape index (κ3) is 5.61. The van der Waals surface area contributed by atoms with E-state index < -0.39 is 0 Å². The number of aliphatic hydroxyl groups is 1. The standard InChI is InChI=1S/C28H32N4O4S2/c33-18-20(16-31-9-12-35-13-10-31)30-19-6-7-24-26(15-19)37-25-5-1-3-21(27(25)38-24)23-17-32(11-14-36-23)22-4-2-8-29-28(22)34/h1-8,15,20,23,30,33H,9-14,16-18H2,(H,29,34). The molecule has 6 rings (SSSR count). The van der Waals surface area contributed by atoms with Crippen molar-refractivity contribution in [2.24, 2.45) is 0 Å². The summed E-state index contributed by atoms with van der Waals surface area (Å²) in [5, 5.41) is 13.5. The third-order valence-corrected chi connectivity index (χ3v) is 9.72. The van der Waals surface area contributed by atoms with Crippen LogP contribution in [0.1, 0.15) is 11.7 Å². The van der Waals surface area contributed by atoms with Gasteiger partial charge in [0.15, 0.2) is 0 Å². The fourth-order valence-corrected chi connectivity index (χ4v) is 7.61.